The maximum Gasteiger partial charge on any atom is 0.307 e. The lowest BCUT2D eigenvalue weighted by molar-refractivity contribution is -0.136. The van der Waals surface area contributed by atoms with Crippen molar-refractivity contribution in [3.8, 4) is 5.69 Å². The number of aromatic nitrogens is 1. The van der Waals surface area contributed by atoms with Crippen LogP contribution >= 0.6 is 11.6 Å². The summed E-state index contributed by atoms with van der Waals surface area (Å²) in [7, 11) is 0. The lowest BCUT2D eigenvalue weighted by atomic mass is 10.1. The van der Waals surface area contributed by atoms with Crippen LogP contribution in [0.1, 0.15) is 5.56 Å². The molecule has 0 saturated heterocycles. The standard InChI is InChI=1S/C12H10ClNO2/c13-10-7-9(8-12(15)16)3-4-11(10)14-5-1-2-6-14/h1-7H,8H2,(H,15,16). The highest BCUT2D eigenvalue weighted by Gasteiger charge is 2.05. The van der Waals surface area contributed by atoms with Crippen LogP contribution in [0.5, 0.6) is 0 Å². The zero-order valence-corrected chi connectivity index (χ0v) is 9.19. The van der Waals surface area contributed by atoms with Crippen molar-refractivity contribution in [2.75, 3.05) is 0 Å². The molecule has 16 heavy (non-hydrogen) atoms. The summed E-state index contributed by atoms with van der Waals surface area (Å²) < 4.78 is 1.88. The predicted molar refractivity (Wildman–Crippen MR) is 62.1 cm³/mol. The van der Waals surface area contributed by atoms with Gasteiger partial charge in [0.25, 0.3) is 0 Å². The van der Waals surface area contributed by atoms with E-state index in [4.69, 9.17) is 16.7 Å². The van der Waals surface area contributed by atoms with E-state index in [0.717, 1.165) is 5.69 Å². The number of benzene rings is 1. The van der Waals surface area contributed by atoms with E-state index in [0.29, 0.717) is 10.6 Å². The largest absolute Gasteiger partial charge is 0.481 e. The Balaban J connectivity index is 2.34. The lowest BCUT2D eigenvalue weighted by Crippen LogP contribution is -2.00. The molecule has 1 aromatic carbocycles. The van der Waals surface area contributed by atoms with Crippen LogP contribution in [0.25, 0.3) is 5.69 Å². The first kappa shape index (κ1) is 10.8. The number of halogens is 1. The van der Waals surface area contributed by atoms with Crippen molar-refractivity contribution in [1.29, 1.82) is 0 Å². The van der Waals surface area contributed by atoms with Crippen LogP contribution in [0.3, 0.4) is 0 Å². The molecular formula is C12H10ClNO2. The molecule has 1 heterocycles. The summed E-state index contributed by atoms with van der Waals surface area (Å²) in [6.07, 6.45) is 3.77. The molecule has 0 amide bonds. The second-order valence-corrected chi connectivity index (χ2v) is 3.85. The van der Waals surface area contributed by atoms with Gasteiger partial charge in [-0.05, 0) is 29.8 Å². The smallest absolute Gasteiger partial charge is 0.307 e. The normalized spacial score (nSPS) is 10.3. The Morgan fingerprint density at radius 1 is 1.31 bits per heavy atom. The summed E-state index contributed by atoms with van der Waals surface area (Å²) in [4.78, 5) is 10.5. The average molecular weight is 236 g/mol. The van der Waals surface area contributed by atoms with Gasteiger partial charge < -0.3 is 9.67 Å². The van der Waals surface area contributed by atoms with Gasteiger partial charge in [0, 0.05) is 12.4 Å². The molecule has 0 aliphatic rings. The van der Waals surface area contributed by atoms with E-state index in [1.165, 1.54) is 0 Å². The number of hydrogen-bond donors (Lipinski definition) is 1. The van der Waals surface area contributed by atoms with E-state index < -0.39 is 5.97 Å². The predicted octanol–water partition coefficient (Wildman–Crippen LogP) is 2.76. The van der Waals surface area contributed by atoms with Crippen LogP contribution in [0.2, 0.25) is 5.02 Å². The molecule has 82 valence electrons. The third-order valence-corrected chi connectivity index (χ3v) is 2.55. The first-order valence-electron chi connectivity index (χ1n) is 4.80. The molecule has 0 fully saturated rings. The van der Waals surface area contributed by atoms with Gasteiger partial charge in [-0.2, -0.15) is 0 Å². The molecule has 0 aliphatic carbocycles. The Bertz CT molecular complexity index is 506. The summed E-state index contributed by atoms with van der Waals surface area (Å²) in [5.41, 5.74) is 1.55. The SMILES string of the molecule is O=C(O)Cc1ccc(-n2cccc2)c(Cl)c1. The van der Waals surface area contributed by atoms with Crippen molar-refractivity contribution in [3.63, 3.8) is 0 Å². The Labute approximate surface area is 97.9 Å². The third-order valence-electron chi connectivity index (χ3n) is 2.25. The van der Waals surface area contributed by atoms with Crippen molar-refractivity contribution in [3.05, 3.63) is 53.3 Å². The van der Waals surface area contributed by atoms with E-state index in [1.54, 1.807) is 12.1 Å². The molecule has 4 heteroatoms. The molecule has 3 nitrogen and oxygen atoms in total. The van der Waals surface area contributed by atoms with Crippen molar-refractivity contribution < 1.29 is 9.90 Å². The van der Waals surface area contributed by atoms with Crippen LogP contribution in [0, 0.1) is 0 Å². The molecule has 1 aromatic heterocycles. The van der Waals surface area contributed by atoms with Gasteiger partial charge in [-0.25, -0.2) is 0 Å². The summed E-state index contributed by atoms with van der Waals surface area (Å²) in [6, 6.07) is 9.09. The molecule has 0 spiro atoms. The molecule has 0 unspecified atom stereocenters. The first-order chi connectivity index (χ1) is 7.66. The zero-order valence-electron chi connectivity index (χ0n) is 8.43. The monoisotopic (exact) mass is 235 g/mol. The number of hydrogen-bond acceptors (Lipinski definition) is 1. The highest BCUT2D eigenvalue weighted by molar-refractivity contribution is 6.32. The van der Waals surface area contributed by atoms with E-state index >= 15 is 0 Å². The molecule has 1 N–H and O–H groups in total. The summed E-state index contributed by atoms with van der Waals surface area (Å²) in [5.74, 6) is -0.857. The maximum absolute atomic E-state index is 10.5. The van der Waals surface area contributed by atoms with Crippen molar-refractivity contribution in [1.82, 2.24) is 4.57 Å². The second-order valence-electron chi connectivity index (χ2n) is 3.45. The van der Waals surface area contributed by atoms with Crippen LogP contribution in [-0.4, -0.2) is 15.6 Å². The zero-order chi connectivity index (χ0) is 11.5. The highest BCUT2D eigenvalue weighted by Crippen LogP contribution is 2.22. The van der Waals surface area contributed by atoms with Crippen LogP contribution in [-0.2, 0) is 11.2 Å². The van der Waals surface area contributed by atoms with Gasteiger partial charge in [0.15, 0.2) is 0 Å². The number of rotatable bonds is 3. The van der Waals surface area contributed by atoms with Crippen molar-refractivity contribution in [2.24, 2.45) is 0 Å². The van der Waals surface area contributed by atoms with Gasteiger partial charge in [0.1, 0.15) is 0 Å². The average Bonchev–Trinajstić information content (AvgIpc) is 2.69. The third kappa shape index (κ3) is 2.25. The molecular weight excluding hydrogens is 226 g/mol. The van der Waals surface area contributed by atoms with Gasteiger partial charge in [-0.15, -0.1) is 0 Å². The Morgan fingerprint density at radius 2 is 2.00 bits per heavy atom. The van der Waals surface area contributed by atoms with E-state index in [-0.39, 0.29) is 6.42 Å². The fraction of sp³-hybridized carbons (Fsp3) is 0.0833. The van der Waals surface area contributed by atoms with Crippen molar-refractivity contribution >= 4 is 17.6 Å². The summed E-state index contributed by atoms with van der Waals surface area (Å²) in [6.45, 7) is 0. The quantitative estimate of drug-likeness (QED) is 0.889. The minimum absolute atomic E-state index is 0.00826. The maximum atomic E-state index is 10.5. The second kappa shape index (κ2) is 4.41. The lowest BCUT2D eigenvalue weighted by Gasteiger charge is -2.07. The highest BCUT2D eigenvalue weighted by atomic mass is 35.5. The molecule has 2 rings (SSSR count). The van der Waals surface area contributed by atoms with Gasteiger partial charge >= 0.3 is 5.97 Å². The molecule has 0 radical (unpaired) electrons. The molecule has 0 aliphatic heterocycles. The number of aliphatic carboxylic acids is 1. The minimum atomic E-state index is -0.857. The van der Waals surface area contributed by atoms with E-state index in [2.05, 4.69) is 0 Å². The van der Waals surface area contributed by atoms with Crippen molar-refractivity contribution in [2.45, 2.75) is 6.42 Å². The number of carboxylic acid groups (broad SMARTS) is 1. The van der Waals surface area contributed by atoms with Crippen LogP contribution < -0.4 is 0 Å². The fourth-order valence-corrected chi connectivity index (χ4v) is 1.84. The van der Waals surface area contributed by atoms with Gasteiger partial charge in [0.2, 0.25) is 0 Å². The Kier molecular flexibility index (Phi) is 2.97. The number of nitrogens with zero attached hydrogens (tertiary/aromatic N) is 1. The minimum Gasteiger partial charge on any atom is -0.481 e. The van der Waals surface area contributed by atoms with Gasteiger partial charge in [-0.3, -0.25) is 4.79 Å². The first-order valence-corrected chi connectivity index (χ1v) is 5.18. The van der Waals surface area contributed by atoms with E-state index in [1.807, 2.05) is 35.2 Å². The molecule has 0 saturated carbocycles. The van der Waals surface area contributed by atoms with E-state index in [9.17, 15) is 4.79 Å². The summed E-state index contributed by atoms with van der Waals surface area (Å²) in [5, 5.41) is 9.21. The van der Waals surface area contributed by atoms with Crippen LogP contribution in [0.15, 0.2) is 42.7 Å². The fourth-order valence-electron chi connectivity index (χ4n) is 1.54. The van der Waals surface area contributed by atoms with Gasteiger partial charge in [-0.1, -0.05) is 17.7 Å². The topological polar surface area (TPSA) is 42.2 Å². The number of carbonyl (C=O) groups is 1. The molecule has 0 bridgehead atoms. The Hall–Kier alpha value is -1.74. The molecule has 2 aromatic rings. The Morgan fingerprint density at radius 3 is 2.56 bits per heavy atom. The molecule has 0 atom stereocenters. The van der Waals surface area contributed by atoms with Crippen LogP contribution in [0.4, 0.5) is 0 Å². The number of carboxylic acids is 1. The van der Waals surface area contributed by atoms with Gasteiger partial charge in [0.05, 0.1) is 17.1 Å². The summed E-state index contributed by atoms with van der Waals surface area (Å²) >= 11 is 6.09.